The topological polar surface area (TPSA) is 72.2 Å². The summed E-state index contributed by atoms with van der Waals surface area (Å²) in [5.41, 5.74) is 5.42. The third-order valence-electron chi connectivity index (χ3n) is 3.44. The first-order valence-electron chi connectivity index (χ1n) is 6.98. The summed E-state index contributed by atoms with van der Waals surface area (Å²) in [7, 11) is -3.69. The molecule has 2 atom stereocenters. The molecule has 1 fully saturated rings. The molecule has 1 aromatic carbocycles. The Morgan fingerprint density at radius 3 is 2.90 bits per heavy atom. The second-order valence-corrected chi connectivity index (χ2v) is 6.84. The van der Waals surface area contributed by atoms with Crippen molar-refractivity contribution in [3.63, 3.8) is 0 Å². The van der Waals surface area contributed by atoms with Gasteiger partial charge in [-0.25, -0.2) is 17.5 Å². The predicted molar refractivity (Wildman–Crippen MR) is 79.5 cm³/mol. The van der Waals surface area contributed by atoms with E-state index in [-0.39, 0.29) is 23.0 Å². The lowest BCUT2D eigenvalue weighted by molar-refractivity contribution is 0.572. The van der Waals surface area contributed by atoms with Crippen molar-refractivity contribution in [1.29, 1.82) is 0 Å². The van der Waals surface area contributed by atoms with Crippen molar-refractivity contribution in [2.24, 2.45) is 11.7 Å². The number of benzene rings is 1. The Morgan fingerprint density at radius 2 is 2.24 bits per heavy atom. The molecule has 1 saturated carbocycles. The smallest absolute Gasteiger partial charge is 0.242 e. The molecule has 2 unspecified atom stereocenters. The highest BCUT2D eigenvalue weighted by Crippen LogP contribution is 2.35. The van der Waals surface area contributed by atoms with Gasteiger partial charge in [0.05, 0.1) is 11.4 Å². The van der Waals surface area contributed by atoms with Gasteiger partial charge >= 0.3 is 0 Å². The summed E-state index contributed by atoms with van der Waals surface area (Å²) in [6, 6.07) is 3.47. The highest BCUT2D eigenvalue weighted by molar-refractivity contribution is 7.89. The fourth-order valence-corrected chi connectivity index (χ4v) is 3.79. The number of nitrogens with two attached hydrogens (primary N) is 1. The zero-order chi connectivity index (χ0) is 15.5. The van der Waals surface area contributed by atoms with Gasteiger partial charge in [-0.3, -0.25) is 0 Å². The maximum atomic E-state index is 13.3. The molecule has 1 aliphatic rings. The molecule has 0 amide bonds. The van der Waals surface area contributed by atoms with Gasteiger partial charge in [0.1, 0.15) is 5.82 Å². The maximum absolute atomic E-state index is 13.3. The zero-order valence-electron chi connectivity index (χ0n) is 11.9. The van der Waals surface area contributed by atoms with E-state index >= 15 is 0 Å². The minimum absolute atomic E-state index is 0.00648. The van der Waals surface area contributed by atoms with Gasteiger partial charge in [0.2, 0.25) is 10.0 Å². The summed E-state index contributed by atoms with van der Waals surface area (Å²) in [5, 5.41) is 0. The number of hydrogen-bond donors (Lipinski definition) is 2. The number of rotatable bonds is 5. The average molecular weight is 310 g/mol. The van der Waals surface area contributed by atoms with Crippen LogP contribution in [0.5, 0.6) is 0 Å². The summed E-state index contributed by atoms with van der Waals surface area (Å²) in [4.78, 5) is 0.00648. The monoisotopic (exact) mass is 310 g/mol. The highest BCUT2D eigenvalue weighted by Gasteiger charge is 2.39. The third-order valence-corrected chi connectivity index (χ3v) is 4.99. The number of sulfonamides is 1. The minimum atomic E-state index is -3.69. The van der Waals surface area contributed by atoms with Crippen LogP contribution < -0.4 is 10.5 Å². The van der Waals surface area contributed by atoms with E-state index in [2.05, 4.69) is 23.5 Å². The van der Waals surface area contributed by atoms with Crippen molar-refractivity contribution < 1.29 is 12.8 Å². The van der Waals surface area contributed by atoms with E-state index in [1.807, 2.05) is 0 Å². The van der Waals surface area contributed by atoms with E-state index in [0.717, 1.165) is 31.4 Å². The van der Waals surface area contributed by atoms with Gasteiger partial charge in [-0.15, -0.1) is 0 Å². The van der Waals surface area contributed by atoms with Crippen LogP contribution in [0, 0.1) is 23.6 Å². The van der Waals surface area contributed by atoms with Crippen LogP contribution in [0.2, 0.25) is 0 Å². The van der Waals surface area contributed by atoms with Gasteiger partial charge < -0.3 is 5.73 Å². The van der Waals surface area contributed by atoms with Crippen LogP contribution in [0.25, 0.3) is 0 Å². The quantitative estimate of drug-likeness (QED) is 0.812. The first-order chi connectivity index (χ1) is 9.97. The van der Waals surface area contributed by atoms with Crippen molar-refractivity contribution in [2.45, 2.75) is 37.1 Å². The van der Waals surface area contributed by atoms with Crippen LogP contribution in [0.3, 0.4) is 0 Å². The molecule has 4 nitrogen and oxygen atoms in total. The molecular weight excluding hydrogens is 291 g/mol. The second-order valence-electron chi connectivity index (χ2n) is 5.16. The van der Waals surface area contributed by atoms with Crippen molar-refractivity contribution in [2.75, 3.05) is 6.54 Å². The van der Waals surface area contributed by atoms with Crippen molar-refractivity contribution in [3.8, 4) is 11.8 Å². The molecule has 3 N–H and O–H groups in total. The Morgan fingerprint density at radius 1 is 1.48 bits per heavy atom. The molecule has 114 valence electrons. The SMILES string of the molecule is CCCC1CC1NS(=O)(=O)c1ccc(F)cc1C#CCN. The van der Waals surface area contributed by atoms with Crippen molar-refractivity contribution >= 4 is 10.0 Å². The first-order valence-corrected chi connectivity index (χ1v) is 8.47. The van der Waals surface area contributed by atoms with Gasteiger partial charge in [-0.05, 0) is 37.0 Å². The summed E-state index contributed by atoms with van der Waals surface area (Å²) in [6.45, 7) is 2.16. The molecule has 1 aromatic rings. The van der Waals surface area contributed by atoms with Crippen LogP contribution in [-0.2, 0) is 10.0 Å². The molecule has 6 heteroatoms. The Bertz CT molecular complexity index is 677. The van der Waals surface area contributed by atoms with Crippen molar-refractivity contribution in [3.05, 3.63) is 29.6 Å². The fourth-order valence-electron chi connectivity index (χ4n) is 2.33. The van der Waals surface area contributed by atoms with Crippen molar-refractivity contribution in [1.82, 2.24) is 4.72 Å². The van der Waals surface area contributed by atoms with Gasteiger partial charge in [0.15, 0.2) is 0 Å². The molecule has 0 radical (unpaired) electrons. The van der Waals surface area contributed by atoms with Gasteiger partial charge in [0, 0.05) is 11.6 Å². The minimum Gasteiger partial charge on any atom is -0.320 e. The Balaban J connectivity index is 2.24. The first kappa shape index (κ1) is 16.0. The van der Waals surface area contributed by atoms with E-state index in [1.165, 1.54) is 6.07 Å². The standard InChI is InChI=1S/C15H19FN2O2S/c1-2-4-11-10-14(11)18-21(19,20)15-7-6-13(16)9-12(15)5-3-8-17/h6-7,9,11,14,18H,2,4,8,10,17H2,1H3. The van der Waals surface area contributed by atoms with Gasteiger partial charge in [0.25, 0.3) is 0 Å². The van der Waals surface area contributed by atoms with Crippen LogP contribution >= 0.6 is 0 Å². The molecule has 0 aromatic heterocycles. The maximum Gasteiger partial charge on any atom is 0.242 e. The molecule has 1 aliphatic carbocycles. The van der Waals surface area contributed by atoms with E-state index in [0.29, 0.717) is 5.92 Å². The van der Waals surface area contributed by atoms with Gasteiger partial charge in [-0.1, -0.05) is 25.2 Å². The zero-order valence-corrected chi connectivity index (χ0v) is 12.7. The number of halogens is 1. The van der Waals surface area contributed by atoms with Crippen LogP contribution in [0.4, 0.5) is 4.39 Å². The molecular formula is C15H19FN2O2S. The summed E-state index contributed by atoms with van der Waals surface area (Å²) in [5.74, 6) is 5.06. The van der Waals surface area contributed by atoms with E-state index in [9.17, 15) is 12.8 Å². The molecule has 0 aliphatic heterocycles. The molecule has 0 heterocycles. The molecule has 0 bridgehead atoms. The summed E-state index contributed by atoms with van der Waals surface area (Å²) < 4.78 is 40.7. The van der Waals surface area contributed by atoms with Crippen LogP contribution in [0.1, 0.15) is 31.7 Å². The Kier molecular flexibility index (Phi) is 4.99. The lowest BCUT2D eigenvalue weighted by Crippen LogP contribution is -2.27. The molecule has 0 spiro atoms. The average Bonchev–Trinajstić information content (AvgIpc) is 3.13. The predicted octanol–water partition coefficient (Wildman–Crippen LogP) is 1.60. The number of nitrogens with one attached hydrogen (secondary N) is 1. The third kappa shape index (κ3) is 4.03. The highest BCUT2D eigenvalue weighted by atomic mass is 32.2. The Hall–Kier alpha value is -1.42. The Labute approximate surface area is 125 Å². The summed E-state index contributed by atoms with van der Waals surface area (Å²) >= 11 is 0. The van der Waals surface area contributed by atoms with E-state index in [1.54, 1.807) is 0 Å². The van der Waals surface area contributed by atoms with E-state index in [4.69, 9.17) is 5.73 Å². The normalized spacial score (nSPS) is 20.7. The van der Waals surface area contributed by atoms with Crippen LogP contribution in [-0.4, -0.2) is 21.0 Å². The summed E-state index contributed by atoms with van der Waals surface area (Å²) in [6.07, 6.45) is 2.90. The van der Waals surface area contributed by atoms with Crippen LogP contribution in [0.15, 0.2) is 23.1 Å². The lowest BCUT2D eigenvalue weighted by atomic mass is 10.2. The molecule has 2 rings (SSSR count). The molecule has 0 saturated heterocycles. The second kappa shape index (κ2) is 6.56. The molecule has 21 heavy (non-hydrogen) atoms. The van der Waals surface area contributed by atoms with Gasteiger partial charge in [-0.2, -0.15) is 0 Å². The number of hydrogen-bond acceptors (Lipinski definition) is 3. The fraction of sp³-hybridized carbons (Fsp3) is 0.467. The largest absolute Gasteiger partial charge is 0.320 e. The van der Waals surface area contributed by atoms with E-state index < -0.39 is 15.8 Å². The lowest BCUT2D eigenvalue weighted by Gasteiger charge is -2.08.